The standard InChI is InChI=1S/C12H21N3O/c1-9-4-3-5-11(7-6-9)13-8-12-15-14-10(2)16-12/h9,11,13H,3-8H2,1-2H3. The van der Waals surface area contributed by atoms with Crippen LogP contribution in [-0.4, -0.2) is 16.2 Å². The highest BCUT2D eigenvalue weighted by Crippen LogP contribution is 2.22. The number of aromatic nitrogens is 2. The van der Waals surface area contributed by atoms with Crippen molar-refractivity contribution in [2.45, 2.75) is 58.5 Å². The summed E-state index contributed by atoms with van der Waals surface area (Å²) in [6.07, 6.45) is 6.59. The zero-order valence-corrected chi connectivity index (χ0v) is 10.2. The summed E-state index contributed by atoms with van der Waals surface area (Å²) in [7, 11) is 0. The Hall–Kier alpha value is -0.900. The van der Waals surface area contributed by atoms with E-state index in [2.05, 4.69) is 22.4 Å². The Morgan fingerprint density at radius 1 is 1.25 bits per heavy atom. The fourth-order valence-corrected chi connectivity index (χ4v) is 2.33. The van der Waals surface area contributed by atoms with Crippen LogP contribution in [0, 0.1) is 12.8 Å². The number of nitrogens with zero attached hydrogens (tertiary/aromatic N) is 2. The van der Waals surface area contributed by atoms with Crippen LogP contribution in [0.2, 0.25) is 0 Å². The van der Waals surface area contributed by atoms with Gasteiger partial charge in [0.25, 0.3) is 0 Å². The summed E-state index contributed by atoms with van der Waals surface area (Å²) in [5, 5.41) is 11.3. The summed E-state index contributed by atoms with van der Waals surface area (Å²) in [5.41, 5.74) is 0. The minimum absolute atomic E-state index is 0.622. The molecule has 2 atom stereocenters. The molecule has 0 aromatic carbocycles. The zero-order chi connectivity index (χ0) is 11.4. The van der Waals surface area contributed by atoms with Crippen LogP contribution in [0.5, 0.6) is 0 Å². The second-order valence-electron chi connectivity index (χ2n) is 4.91. The van der Waals surface area contributed by atoms with Crippen molar-refractivity contribution in [3.63, 3.8) is 0 Å². The number of hydrogen-bond donors (Lipinski definition) is 1. The second-order valence-corrected chi connectivity index (χ2v) is 4.91. The van der Waals surface area contributed by atoms with Crippen LogP contribution < -0.4 is 5.32 Å². The van der Waals surface area contributed by atoms with E-state index in [1.54, 1.807) is 0 Å². The third-order valence-corrected chi connectivity index (χ3v) is 3.37. The molecule has 4 nitrogen and oxygen atoms in total. The summed E-state index contributed by atoms with van der Waals surface area (Å²) in [5.74, 6) is 2.23. The molecule has 0 bridgehead atoms. The highest BCUT2D eigenvalue weighted by Gasteiger charge is 2.16. The summed E-state index contributed by atoms with van der Waals surface area (Å²) < 4.78 is 5.34. The van der Waals surface area contributed by atoms with Gasteiger partial charge >= 0.3 is 0 Å². The first-order valence-corrected chi connectivity index (χ1v) is 6.26. The average Bonchev–Trinajstić information content (AvgIpc) is 2.56. The lowest BCUT2D eigenvalue weighted by atomic mass is 10.0. The number of aryl methyl sites for hydroxylation is 1. The molecular weight excluding hydrogens is 202 g/mol. The van der Waals surface area contributed by atoms with Crippen LogP contribution >= 0.6 is 0 Å². The van der Waals surface area contributed by atoms with E-state index in [4.69, 9.17) is 4.42 Å². The Bertz CT molecular complexity index is 324. The van der Waals surface area contributed by atoms with E-state index in [9.17, 15) is 0 Å². The largest absolute Gasteiger partial charge is 0.424 e. The van der Waals surface area contributed by atoms with Crippen molar-refractivity contribution in [2.75, 3.05) is 0 Å². The van der Waals surface area contributed by atoms with Gasteiger partial charge < -0.3 is 9.73 Å². The van der Waals surface area contributed by atoms with E-state index in [0.29, 0.717) is 24.4 Å². The highest BCUT2D eigenvalue weighted by atomic mass is 16.4. The third-order valence-electron chi connectivity index (χ3n) is 3.37. The first kappa shape index (κ1) is 11.6. The lowest BCUT2D eigenvalue weighted by Crippen LogP contribution is -2.28. The molecule has 2 unspecified atom stereocenters. The maximum atomic E-state index is 5.34. The Morgan fingerprint density at radius 3 is 2.88 bits per heavy atom. The van der Waals surface area contributed by atoms with Gasteiger partial charge in [0.2, 0.25) is 11.8 Å². The van der Waals surface area contributed by atoms with E-state index < -0.39 is 0 Å². The number of rotatable bonds is 3. The van der Waals surface area contributed by atoms with Crippen LogP contribution in [-0.2, 0) is 6.54 Å². The fourth-order valence-electron chi connectivity index (χ4n) is 2.33. The second kappa shape index (κ2) is 5.43. The van der Waals surface area contributed by atoms with E-state index in [1.165, 1.54) is 32.1 Å². The molecule has 1 fully saturated rings. The minimum atomic E-state index is 0.622. The molecule has 1 saturated carbocycles. The van der Waals surface area contributed by atoms with Gasteiger partial charge in [0, 0.05) is 13.0 Å². The summed E-state index contributed by atoms with van der Waals surface area (Å²) in [6, 6.07) is 0.622. The van der Waals surface area contributed by atoms with Crippen molar-refractivity contribution in [3.05, 3.63) is 11.8 Å². The van der Waals surface area contributed by atoms with Crippen LogP contribution in [0.15, 0.2) is 4.42 Å². The Labute approximate surface area is 96.8 Å². The molecule has 16 heavy (non-hydrogen) atoms. The molecule has 1 heterocycles. The van der Waals surface area contributed by atoms with Gasteiger partial charge in [-0.3, -0.25) is 0 Å². The molecule has 0 saturated heterocycles. The molecule has 1 N–H and O–H groups in total. The van der Waals surface area contributed by atoms with Crippen molar-refractivity contribution in [3.8, 4) is 0 Å². The maximum Gasteiger partial charge on any atom is 0.230 e. The van der Waals surface area contributed by atoms with E-state index in [0.717, 1.165) is 5.92 Å². The van der Waals surface area contributed by atoms with Gasteiger partial charge in [0.15, 0.2) is 0 Å². The Morgan fingerprint density at radius 2 is 2.12 bits per heavy atom. The molecule has 1 aromatic heterocycles. The molecule has 0 aliphatic heterocycles. The lowest BCUT2D eigenvalue weighted by Gasteiger charge is -2.14. The summed E-state index contributed by atoms with van der Waals surface area (Å²) in [4.78, 5) is 0. The van der Waals surface area contributed by atoms with Crippen molar-refractivity contribution < 1.29 is 4.42 Å². The first-order chi connectivity index (χ1) is 7.74. The third kappa shape index (κ3) is 3.30. The van der Waals surface area contributed by atoms with Gasteiger partial charge in [0.1, 0.15) is 0 Å². The van der Waals surface area contributed by atoms with Gasteiger partial charge in [0.05, 0.1) is 6.54 Å². The maximum absolute atomic E-state index is 5.34. The fraction of sp³-hybridized carbons (Fsp3) is 0.833. The molecular formula is C12H21N3O. The Kier molecular flexibility index (Phi) is 3.93. The summed E-state index contributed by atoms with van der Waals surface area (Å²) >= 11 is 0. The van der Waals surface area contributed by atoms with Crippen molar-refractivity contribution >= 4 is 0 Å². The highest BCUT2D eigenvalue weighted by molar-refractivity contribution is 4.81. The molecule has 2 rings (SSSR count). The average molecular weight is 223 g/mol. The number of nitrogens with one attached hydrogen (secondary N) is 1. The van der Waals surface area contributed by atoms with Gasteiger partial charge in [-0.25, -0.2) is 0 Å². The molecule has 4 heteroatoms. The van der Waals surface area contributed by atoms with Gasteiger partial charge in [-0.1, -0.05) is 19.8 Å². The predicted molar refractivity (Wildman–Crippen MR) is 61.9 cm³/mol. The van der Waals surface area contributed by atoms with Crippen LogP contribution in [0.4, 0.5) is 0 Å². The quantitative estimate of drug-likeness (QED) is 0.800. The summed E-state index contributed by atoms with van der Waals surface area (Å²) in [6.45, 7) is 4.88. The SMILES string of the molecule is Cc1nnc(CNC2CCCC(C)CC2)o1. The first-order valence-electron chi connectivity index (χ1n) is 6.26. The van der Waals surface area contributed by atoms with Crippen LogP contribution in [0.3, 0.4) is 0 Å². The minimum Gasteiger partial charge on any atom is -0.424 e. The number of hydrogen-bond acceptors (Lipinski definition) is 4. The molecule has 0 spiro atoms. The van der Waals surface area contributed by atoms with Crippen LogP contribution in [0.25, 0.3) is 0 Å². The molecule has 1 aliphatic rings. The molecule has 1 aromatic rings. The smallest absolute Gasteiger partial charge is 0.230 e. The van der Waals surface area contributed by atoms with Crippen molar-refractivity contribution in [1.29, 1.82) is 0 Å². The molecule has 0 amide bonds. The monoisotopic (exact) mass is 223 g/mol. The van der Waals surface area contributed by atoms with Gasteiger partial charge in [-0.05, 0) is 25.2 Å². The van der Waals surface area contributed by atoms with Crippen LogP contribution in [0.1, 0.15) is 50.8 Å². The molecule has 90 valence electrons. The van der Waals surface area contributed by atoms with E-state index in [-0.39, 0.29) is 0 Å². The van der Waals surface area contributed by atoms with Gasteiger partial charge in [-0.2, -0.15) is 0 Å². The van der Waals surface area contributed by atoms with E-state index >= 15 is 0 Å². The predicted octanol–water partition coefficient (Wildman–Crippen LogP) is 2.44. The molecule has 0 radical (unpaired) electrons. The topological polar surface area (TPSA) is 51.0 Å². The normalized spacial score (nSPS) is 26.6. The van der Waals surface area contributed by atoms with E-state index in [1.807, 2.05) is 6.92 Å². The lowest BCUT2D eigenvalue weighted by molar-refractivity contribution is 0.396. The van der Waals surface area contributed by atoms with Gasteiger partial charge in [-0.15, -0.1) is 10.2 Å². The van der Waals surface area contributed by atoms with Crippen molar-refractivity contribution in [2.24, 2.45) is 5.92 Å². The van der Waals surface area contributed by atoms with Crippen molar-refractivity contribution in [1.82, 2.24) is 15.5 Å². The zero-order valence-electron chi connectivity index (χ0n) is 10.2. The molecule has 1 aliphatic carbocycles. The Balaban J connectivity index is 1.77.